The van der Waals surface area contributed by atoms with Crippen molar-refractivity contribution in [3.8, 4) is 11.1 Å². The molecule has 6 nitrogen and oxygen atoms in total. The number of aliphatic carboxylic acids is 1. The Kier molecular flexibility index (Phi) is 6.48. The van der Waals surface area contributed by atoms with Crippen molar-refractivity contribution in [2.45, 2.75) is 63.0 Å². The largest absolute Gasteiger partial charge is 0.480 e. The summed E-state index contributed by atoms with van der Waals surface area (Å²) in [6, 6.07) is 15.5. The van der Waals surface area contributed by atoms with Crippen molar-refractivity contribution < 1.29 is 19.9 Å². The van der Waals surface area contributed by atoms with Crippen molar-refractivity contribution in [1.29, 1.82) is 0 Å². The van der Waals surface area contributed by atoms with Gasteiger partial charge in [-0.3, -0.25) is 4.79 Å². The van der Waals surface area contributed by atoms with E-state index in [0.717, 1.165) is 25.8 Å². The molecule has 4 rings (SSSR count). The van der Waals surface area contributed by atoms with E-state index in [1.165, 1.54) is 27.8 Å². The van der Waals surface area contributed by atoms with Crippen LogP contribution in [0.5, 0.6) is 0 Å². The van der Waals surface area contributed by atoms with Gasteiger partial charge in [0.05, 0.1) is 0 Å². The average molecular weight is 422 g/mol. The van der Waals surface area contributed by atoms with Gasteiger partial charge >= 0.3 is 13.1 Å². The predicted octanol–water partition coefficient (Wildman–Crippen LogP) is 2.55. The molecule has 1 atom stereocenters. The van der Waals surface area contributed by atoms with Crippen LogP contribution in [0.2, 0.25) is 6.32 Å². The first-order chi connectivity index (χ1) is 14.9. The fourth-order valence-electron chi connectivity index (χ4n) is 5.01. The van der Waals surface area contributed by atoms with Gasteiger partial charge in [0.25, 0.3) is 0 Å². The molecule has 0 saturated heterocycles. The Morgan fingerprint density at radius 1 is 1.10 bits per heavy atom. The molecule has 7 heteroatoms. The maximum absolute atomic E-state index is 11.8. The zero-order valence-corrected chi connectivity index (χ0v) is 17.8. The van der Waals surface area contributed by atoms with E-state index >= 15 is 0 Å². The van der Waals surface area contributed by atoms with Crippen LogP contribution in [0.15, 0.2) is 42.5 Å². The molecule has 164 valence electrons. The highest BCUT2D eigenvalue weighted by molar-refractivity contribution is 6.40. The Morgan fingerprint density at radius 3 is 2.58 bits per heavy atom. The Balaban J connectivity index is 1.27. The second kappa shape index (κ2) is 9.13. The monoisotopic (exact) mass is 422 g/mol. The number of rotatable bonds is 10. The maximum Gasteiger partial charge on any atom is 0.451 e. The van der Waals surface area contributed by atoms with E-state index in [4.69, 9.17) is 15.8 Å². The molecule has 0 bridgehead atoms. The number of unbranched alkanes of at least 4 members (excludes halogenated alkanes) is 1. The van der Waals surface area contributed by atoms with Crippen LogP contribution < -0.4 is 11.1 Å². The van der Waals surface area contributed by atoms with Gasteiger partial charge in [0, 0.05) is 12.6 Å². The van der Waals surface area contributed by atoms with Crippen LogP contribution in [0.4, 0.5) is 0 Å². The average Bonchev–Trinajstić information content (AvgIpc) is 3.07. The fourth-order valence-corrected chi connectivity index (χ4v) is 5.01. The highest BCUT2D eigenvalue weighted by atomic mass is 16.4. The van der Waals surface area contributed by atoms with E-state index in [0.29, 0.717) is 19.3 Å². The summed E-state index contributed by atoms with van der Waals surface area (Å²) < 4.78 is 0. The number of nitrogens with one attached hydrogen (secondary N) is 1. The molecular weight excluding hydrogens is 391 g/mol. The van der Waals surface area contributed by atoms with E-state index in [2.05, 4.69) is 47.8 Å². The Bertz CT molecular complexity index is 945. The van der Waals surface area contributed by atoms with E-state index in [1.54, 1.807) is 0 Å². The summed E-state index contributed by atoms with van der Waals surface area (Å²) in [6.45, 7) is 0.764. The number of carboxylic acid groups (broad SMARTS) is 1. The minimum atomic E-state index is -1.34. The predicted molar refractivity (Wildman–Crippen MR) is 121 cm³/mol. The third-order valence-corrected chi connectivity index (χ3v) is 7.02. The zero-order chi connectivity index (χ0) is 22.0. The van der Waals surface area contributed by atoms with Crippen molar-refractivity contribution in [2.75, 3.05) is 0 Å². The molecule has 2 aliphatic carbocycles. The van der Waals surface area contributed by atoms with Gasteiger partial charge in [-0.2, -0.15) is 0 Å². The molecule has 2 aliphatic rings. The molecule has 1 saturated carbocycles. The lowest BCUT2D eigenvalue weighted by Gasteiger charge is -2.45. The van der Waals surface area contributed by atoms with Crippen LogP contribution in [0, 0.1) is 5.92 Å². The smallest absolute Gasteiger partial charge is 0.451 e. The van der Waals surface area contributed by atoms with E-state index in [9.17, 15) is 9.90 Å². The van der Waals surface area contributed by atoms with Gasteiger partial charge < -0.3 is 26.2 Å². The molecule has 1 unspecified atom stereocenters. The van der Waals surface area contributed by atoms with Gasteiger partial charge in [-0.1, -0.05) is 55.3 Å². The number of nitrogens with two attached hydrogens (primary N) is 1. The van der Waals surface area contributed by atoms with Gasteiger partial charge in [-0.05, 0) is 65.7 Å². The molecule has 1 fully saturated rings. The zero-order valence-electron chi connectivity index (χ0n) is 17.8. The van der Waals surface area contributed by atoms with Crippen molar-refractivity contribution in [3.05, 3.63) is 59.2 Å². The van der Waals surface area contributed by atoms with Gasteiger partial charge in [-0.25, -0.2) is 0 Å². The SMILES string of the molecule is NC(CCCCB(O)O)(C(=O)O)C1CC(NCc2ccc3c(c2)Cc2ccccc2-3)C1. The van der Waals surface area contributed by atoms with Gasteiger partial charge in [-0.15, -0.1) is 0 Å². The number of carboxylic acids is 1. The molecule has 0 heterocycles. The van der Waals surface area contributed by atoms with Crippen LogP contribution in [0.25, 0.3) is 11.1 Å². The van der Waals surface area contributed by atoms with Crippen LogP contribution in [0.1, 0.15) is 48.8 Å². The lowest BCUT2D eigenvalue weighted by atomic mass is 9.66. The van der Waals surface area contributed by atoms with Gasteiger partial charge in [0.2, 0.25) is 0 Å². The first-order valence-corrected chi connectivity index (χ1v) is 11.2. The van der Waals surface area contributed by atoms with Crippen molar-refractivity contribution in [2.24, 2.45) is 11.7 Å². The first-order valence-electron chi connectivity index (χ1n) is 11.2. The molecule has 2 aromatic carbocycles. The summed E-state index contributed by atoms with van der Waals surface area (Å²) >= 11 is 0. The van der Waals surface area contributed by atoms with Crippen molar-refractivity contribution in [3.63, 3.8) is 0 Å². The molecule has 0 radical (unpaired) electrons. The molecule has 6 N–H and O–H groups in total. The fraction of sp³-hybridized carbons (Fsp3) is 0.458. The molecule has 31 heavy (non-hydrogen) atoms. The molecule has 0 aromatic heterocycles. The number of carbonyl (C=O) groups is 1. The lowest BCUT2D eigenvalue weighted by molar-refractivity contribution is -0.148. The summed E-state index contributed by atoms with van der Waals surface area (Å²) in [5.74, 6) is -1.02. The van der Waals surface area contributed by atoms with Crippen LogP contribution in [0.3, 0.4) is 0 Å². The quantitative estimate of drug-likeness (QED) is 0.253. The van der Waals surface area contributed by atoms with Gasteiger partial charge in [0.1, 0.15) is 5.54 Å². The van der Waals surface area contributed by atoms with Crippen molar-refractivity contribution >= 4 is 13.1 Å². The maximum atomic E-state index is 11.8. The van der Waals surface area contributed by atoms with Crippen molar-refractivity contribution in [1.82, 2.24) is 5.32 Å². The normalized spacial score (nSPS) is 21.0. The molecule has 0 amide bonds. The second-order valence-electron chi connectivity index (χ2n) is 9.14. The van der Waals surface area contributed by atoms with E-state index in [-0.39, 0.29) is 18.3 Å². The molecule has 2 aromatic rings. The van der Waals surface area contributed by atoms with Crippen LogP contribution in [-0.2, 0) is 17.8 Å². The Morgan fingerprint density at radius 2 is 1.84 bits per heavy atom. The minimum Gasteiger partial charge on any atom is -0.480 e. The molecule has 0 aliphatic heterocycles. The third-order valence-electron chi connectivity index (χ3n) is 7.02. The molecular formula is C24H31BN2O4. The molecule has 0 spiro atoms. The number of fused-ring (bicyclic) bond motifs is 3. The summed E-state index contributed by atoms with van der Waals surface area (Å²) in [5.41, 5.74) is 11.7. The summed E-state index contributed by atoms with van der Waals surface area (Å²) in [6.07, 6.45) is 4.22. The van der Waals surface area contributed by atoms with E-state index < -0.39 is 18.6 Å². The van der Waals surface area contributed by atoms with E-state index in [1.807, 2.05) is 0 Å². The summed E-state index contributed by atoms with van der Waals surface area (Å²) in [4.78, 5) is 11.8. The Labute approximate surface area is 183 Å². The summed E-state index contributed by atoms with van der Waals surface area (Å²) in [5, 5.41) is 31.1. The standard InChI is InChI=1S/C24H31BN2O4/c26-24(23(28)29,9-3-4-10-25(30)31)19-13-20(14-19)27-15-16-7-8-22-18(11-16)12-17-5-1-2-6-21(17)22/h1-2,5-8,11,19-20,27,30-31H,3-4,9-10,12-15,26H2,(H,28,29). The first kappa shape index (κ1) is 22.0. The highest BCUT2D eigenvalue weighted by Gasteiger charge is 2.48. The van der Waals surface area contributed by atoms with Crippen LogP contribution >= 0.6 is 0 Å². The Hall–Kier alpha value is -2.19. The number of hydrogen-bond donors (Lipinski definition) is 5. The lowest BCUT2D eigenvalue weighted by Crippen LogP contribution is -2.61. The number of benzene rings is 2. The second-order valence-corrected chi connectivity index (χ2v) is 9.14. The summed E-state index contributed by atoms with van der Waals surface area (Å²) in [7, 11) is -1.34. The highest BCUT2D eigenvalue weighted by Crippen LogP contribution is 2.39. The van der Waals surface area contributed by atoms with Gasteiger partial charge in [0.15, 0.2) is 0 Å². The third kappa shape index (κ3) is 4.70. The minimum absolute atomic E-state index is 0.0592. The number of hydrogen-bond acceptors (Lipinski definition) is 5. The topological polar surface area (TPSA) is 116 Å². The van der Waals surface area contributed by atoms with Crippen LogP contribution in [-0.4, -0.2) is 39.8 Å².